The summed E-state index contributed by atoms with van der Waals surface area (Å²) in [6.45, 7) is 4.71. The third-order valence-electron chi connectivity index (χ3n) is 0.399. The maximum Gasteiger partial charge on any atom is 0.303 e. The van der Waals surface area contributed by atoms with E-state index in [1.807, 2.05) is 0 Å². The molecule has 0 unspecified atom stereocenters. The van der Waals surface area contributed by atoms with Crippen LogP contribution in [0.3, 0.4) is 0 Å². The number of carboxylic acid groups (broad SMARTS) is 1. The molecule has 3 heteroatoms. The van der Waals surface area contributed by atoms with E-state index in [4.69, 9.17) is 9.90 Å². The van der Waals surface area contributed by atoms with E-state index in [2.05, 4.69) is 6.58 Å². The molecule has 0 aliphatic rings. The lowest BCUT2D eigenvalue weighted by Gasteiger charge is -1.71. The van der Waals surface area contributed by atoms with Gasteiger partial charge in [0.05, 0.1) is 0 Å². The number of rotatable bonds is 2. The Balaban J connectivity index is 0. The summed E-state index contributed by atoms with van der Waals surface area (Å²) in [5, 5.41) is 7.72. The molecule has 0 amide bonds. The smallest absolute Gasteiger partial charge is 0.303 e. The van der Waals surface area contributed by atoms with E-state index in [1.54, 1.807) is 6.92 Å². The van der Waals surface area contributed by atoms with Crippen LogP contribution in [0.1, 0.15) is 13.3 Å². The van der Waals surface area contributed by atoms with Crippen molar-refractivity contribution in [1.82, 2.24) is 0 Å². The second-order valence-electron chi connectivity index (χ2n) is 1.12. The van der Waals surface area contributed by atoms with Gasteiger partial charge in [0.1, 0.15) is 6.29 Å². The molecular formula is C6H10O3. The minimum absolute atomic E-state index is 0.222. The zero-order chi connectivity index (χ0) is 7.70. The molecule has 0 spiro atoms. The molecule has 9 heavy (non-hydrogen) atoms. The zero-order valence-electron chi connectivity index (χ0n) is 5.33. The summed E-state index contributed by atoms with van der Waals surface area (Å²) in [6.07, 6.45) is 2.06. The fourth-order valence-electron chi connectivity index (χ4n) is 0. The third-order valence-corrected chi connectivity index (χ3v) is 0.399. The second kappa shape index (κ2) is 9.99. The Kier molecular flexibility index (Phi) is 12.0. The number of hydrogen-bond donors (Lipinski definition) is 1. The highest BCUT2D eigenvalue weighted by Gasteiger charge is 1.80. The molecular weight excluding hydrogens is 120 g/mol. The van der Waals surface area contributed by atoms with E-state index in [-0.39, 0.29) is 6.42 Å². The molecule has 0 fully saturated rings. The normalized spacial score (nSPS) is 6.33. The van der Waals surface area contributed by atoms with Crippen LogP contribution in [0.5, 0.6) is 0 Å². The second-order valence-corrected chi connectivity index (χ2v) is 1.12. The molecule has 0 saturated heterocycles. The molecule has 0 aliphatic heterocycles. The predicted molar refractivity (Wildman–Crippen MR) is 34.2 cm³/mol. The average molecular weight is 130 g/mol. The predicted octanol–water partition coefficient (Wildman–Crippen LogP) is 0.852. The van der Waals surface area contributed by atoms with Crippen LogP contribution in [-0.4, -0.2) is 17.4 Å². The van der Waals surface area contributed by atoms with Crippen LogP contribution in [0.4, 0.5) is 0 Å². The first-order valence-corrected chi connectivity index (χ1v) is 2.47. The molecule has 1 N–H and O–H groups in total. The van der Waals surface area contributed by atoms with Gasteiger partial charge in [-0.25, -0.2) is 0 Å². The lowest BCUT2D eigenvalue weighted by Crippen LogP contribution is -1.86. The van der Waals surface area contributed by atoms with Crippen molar-refractivity contribution >= 4 is 12.3 Å². The van der Waals surface area contributed by atoms with E-state index in [0.717, 1.165) is 0 Å². The van der Waals surface area contributed by atoms with E-state index in [0.29, 0.717) is 6.29 Å². The molecule has 0 atom stereocenters. The van der Waals surface area contributed by atoms with Gasteiger partial charge in [0.2, 0.25) is 0 Å². The summed E-state index contributed by atoms with van der Waals surface area (Å²) in [7, 11) is 0. The minimum Gasteiger partial charge on any atom is -0.481 e. The lowest BCUT2D eigenvalue weighted by molar-refractivity contribution is -0.136. The Labute approximate surface area is 54.0 Å². The van der Waals surface area contributed by atoms with Gasteiger partial charge in [-0.2, -0.15) is 0 Å². The van der Waals surface area contributed by atoms with Crippen molar-refractivity contribution in [3.05, 3.63) is 12.7 Å². The maximum absolute atomic E-state index is 9.37. The van der Waals surface area contributed by atoms with Crippen LogP contribution >= 0.6 is 0 Å². The molecule has 0 aliphatic carbocycles. The van der Waals surface area contributed by atoms with Crippen molar-refractivity contribution in [3.8, 4) is 0 Å². The van der Waals surface area contributed by atoms with E-state index >= 15 is 0 Å². The van der Waals surface area contributed by atoms with Gasteiger partial charge in [-0.05, 0) is 6.08 Å². The van der Waals surface area contributed by atoms with Gasteiger partial charge in [0.25, 0.3) is 0 Å². The van der Waals surface area contributed by atoms with Crippen LogP contribution in [0, 0.1) is 0 Å². The van der Waals surface area contributed by atoms with Gasteiger partial charge in [-0.15, -0.1) is 0 Å². The monoisotopic (exact) mass is 130 g/mol. The standard InChI is InChI=1S/C3H6O2.C3H4O/c1-2-3(4)5;1-2-3-4/h2H2,1H3,(H,4,5);2-3H,1H2. The van der Waals surface area contributed by atoms with Gasteiger partial charge in [0, 0.05) is 6.42 Å². The number of aldehydes is 1. The first-order valence-electron chi connectivity index (χ1n) is 2.47. The zero-order valence-corrected chi connectivity index (χ0v) is 5.33. The van der Waals surface area contributed by atoms with E-state index in [1.165, 1.54) is 6.08 Å². The van der Waals surface area contributed by atoms with Gasteiger partial charge in [-0.3, -0.25) is 9.59 Å². The number of carbonyl (C=O) groups excluding carboxylic acids is 1. The Morgan fingerprint density at radius 3 is 2.00 bits per heavy atom. The highest BCUT2D eigenvalue weighted by atomic mass is 16.4. The molecule has 0 heterocycles. The fraction of sp³-hybridized carbons (Fsp3) is 0.333. The lowest BCUT2D eigenvalue weighted by atomic mass is 10.5. The highest BCUT2D eigenvalue weighted by molar-refractivity contribution is 5.66. The first-order chi connectivity index (χ1) is 4.18. The topological polar surface area (TPSA) is 54.4 Å². The Morgan fingerprint density at radius 1 is 1.78 bits per heavy atom. The van der Waals surface area contributed by atoms with Crippen molar-refractivity contribution in [2.45, 2.75) is 13.3 Å². The fourth-order valence-corrected chi connectivity index (χ4v) is 0. The van der Waals surface area contributed by atoms with Crippen molar-refractivity contribution in [3.63, 3.8) is 0 Å². The largest absolute Gasteiger partial charge is 0.481 e. The summed E-state index contributed by atoms with van der Waals surface area (Å²) >= 11 is 0. The van der Waals surface area contributed by atoms with Crippen molar-refractivity contribution < 1.29 is 14.7 Å². The van der Waals surface area contributed by atoms with Gasteiger partial charge >= 0.3 is 5.97 Å². The number of hydrogen-bond acceptors (Lipinski definition) is 2. The maximum atomic E-state index is 9.37. The summed E-state index contributed by atoms with van der Waals surface area (Å²) < 4.78 is 0. The molecule has 0 aromatic rings. The quantitative estimate of drug-likeness (QED) is 0.445. The van der Waals surface area contributed by atoms with Crippen LogP contribution < -0.4 is 0 Å². The summed E-state index contributed by atoms with van der Waals surface area (Å²) in [6, 6.07) is 0. The molecule has 0 saturated carbocycles. The van der Waals surface area contributed by atoms with Gasteiger partial charge in [-0.1, -0.05) is 13.5 Å². The molecule has 0 aromatic heterocycles. The van der Waals surface area contributed by atoms with E-state index < -0.39 is 5.97 Å². The summed E-state index contributed by atoms with van der Waals surface area (Å²) in [5.74, 6) is -0.745. The number of aliphatic carboxylic acids is 1. The molecule has 52 valence electrons. The number of carbonyl (C=O) groups is 2. The molecule has 0 rings (SSSR count). The van der Waals surface area contributed by atoms with Crippen LogP contribution in [0.15, 0.2) is 12.7 Å². The van der Waals surface area contributed by atoms with E-state index in [9.17, 15) is 4.79 Å². The Morgan fingerprint density at radius 2 is 2.00 bits per heavy atom. The average Bonchev–Trinajstić information content (AvgIpc) is 1.89. The van der Waals surface area contributed by atoms with Gasteiger partial charge in [0.15, 0.2) is 0 Å². The SMILES string of the molecule is C=CC=O.CCC(=O)O. The first kappa shape index (κ1) is 10.8. The Bertz CT molecular complexity index is 90.5. The molecule has 0 aromatic carbocycles. The Hall–Kier alpha value is -1.12. The number of carboxylic acids is 1. The van der Waals surface area contributed by atoms with Crippen LogP contribution in [0.25, 0.3) is 0 Å². The van der Waals surface area contributed by atoms with Crippen molar-refractivity contribution in [2.24, 2.45) is 0 Å². The summed E-state index contributed by atoms with van der Waals surface area (Å²) in [5.41, 5.74) is 0. The number of allylic oxidation sites excluding steroid dienone is 1. The molecule has 0 radical (unpaired) electrons. The molecule has 0 bridgehead atoms. The van der Waals surface area contributed by atoms with Crippen LogP contribution in [0.2, 0.25) is 0 Å². The molecule has 3 nitrogen and oxygen atoms in total. The van der Waals surface area contributed by atoms with Crippen molar-refractivity contribution in [1.29, 1.82) is 0 Å². The highest BCUT2D eigenvalue weighted by Crippen LogP contribution is 1.67. The minimum atomic E-state index is -0.745. The van der Waals surface area contributed by atoms with Gasteiger partial charge < -0.3 is 5.11 Å². The third kappa shape index (κ3) is 46.4. The summed E-state index contributed by atoms with van der Waals surface area (Å²) in [4.78, 5) is 18.4. The van der Waals surface area contributed by atoms with Crippen LogP contribution in [-0.2, 0) is 9.59 Å². The van der Waals surface area contributed by atoms with Crippen molar-refractivity contribution in [2.75, 3.05) is 0 Å².